The van der Waals surface area contributed by atoms with E-state index in [9.17, 15) is 18.6 Å². The lowest BCUT2D eigenvalue weighted by molar-refractivity contribution is -0.261. The number of halogens is 2. The molecule has 0 bridgehead atoms. The van der Waals surface area contributed by atoms with Crippen molar-refractivity contribution < 1.29 is 38.3 Å². The molecule has 0 spiro atoms. The molecule has 0 saturated carbocycles. The molecule has 0 N–H and O–H groups in total. The molecule has 10 heavy (non-hydrogen) atoms. The number of carbonyl (C=O) groups excluding carboxylic acids is 2. The second-order valence-electron chi connectivity index (χ2n) is 0.821. The summed E-state index contributed by atoms with van der Waals surface area (Å²) in [7, 11) is 0. The number of rotatable bonds is 0. The number of hydrogen-bond acceptors (Lipinski definition) is 6. The average Bonchev–Trinajstić information content (AvgIpc) is 1.99. The van der Waals surface area contributed by atoms with Crippen LogP contribution in [0.3, 0.4) is 0 Å². The molecule has 0 aliphatic rings. The highest BCUT2D eigenvalue weighted by atomic mass is 19.3. The molecule has 0 aliphatic heterocycles. The van der Waals surface area contributed by atoms with Gasteiger partial charge in [-0.3, -0.25) is 0 Å². The molecule has 0 aromatic carbocycles. The molecule has 0 atom stereocenters. The Morgan fingerprint density at radius 1 is 0.900 bits per heavy atom. The zero-order chi connectivity index (χ0) is 7.98. The fourth-order valence-corrected chi connectivity index (χ4v) is 0.0938. The van der Waals surface area contributed by atoms with Gasteiger partial charge in [-0.1, -0.05) is 0 Å². The quantitative estimate of drug-likeness (QED) is 0.386. The lowest BCUT2D eigenvalue weighted by Gasteiger charge is -1.92. The molecule has 0 saturated heterocycles. The Kier molecular flexibility index (Phi) is 3.61. The number of carbonyl (C=O) groups is 2. The first kappa shape index (κ1) is 8.40. The summed E-state index contributed by atoms with van der Waals surface area (Å²) in [5.74, 6) is 0. The van der Waals surface area contributed by atoms with Crippen LogP contribution in [0.2, 0.25) is 0 Å². The van der Waals surface area contributed by atoms with E-state index >= 15 is 0 Å². The summed E-state index contributed by atoms with van der Waals surface area (Å²) in [6.07, 6.45) is -3.91. The topological polar surface area (TPSA) is 71.1 Å². The summed E-state index contributed by atoms with van der Waals surface area (Å²) >= 11 is 0. The second-order valence-corrected chi connectivity index (χ2v) is 0.821. The van der Waals surface area contributed by atoms with Gasteiger partial charge >= 0.3 is 12.3 Å². The summed E-state index contributed by atoms with van der Waals surface area (Å²) in [5, 5.41) is 0. The van der Waals surface area contributed by atoms with Gasteiger partial charge in [0.1, 0.15) is 0 Å². The third-order valence-corrected chi connectivity index (χ3v) is 0.304. The SMILES string of the molecule is O=C(OF)OOC(=O)OF. The maximum Gasteiger partial charge on any atom is 0.587 e. The van der Waals surface area contributed by atoms with Crippen LogP contribution in [0, 0.1) is 0 Å². The molecule has 6 nitrogen and oxygen atoms in total. The van der Waals surface area contributed by atoms with Crippen molar-refractivity contribution in [2.75, 3.05) is 0 Å². The third kappa shape index (κ3) is 3.41. The molecule has 0 rings (SSSR count). The van der Waals surface area contributed by atoms with Crippen molar-refractivity contribution in [2.45, 2.75) is 0 Å². The van der Waals surface area contributed by atoms with Gasteiger partial charge in [-0.05, 0) is 0 Å². The van der Waals surface area contributed by atoms with Gasteiger partial charge in [0.25, 0.3) is 0 Å². The van der Waals surface area contributed by atoms with Crippen LogP contribution in [0.15, 0.2) is 0 Å². The Bertz CT molecular complexity index is 118. The molecule has 0 unspecified atom stereocenters. The first-order chi connectivity index (χ1) is 4.70. The Hall–Kier alpha value is -1.60. The largest absolute Gasteiger partial charge is 0.587 e. The van der Waals surface area contributed by atoms with E-state index in [2.05, 4.69) is 19.7 Å². The minimum Gasteiger partial charge on any atom is -0.211 e. The second kappa shape index (κ2) is 4.30. The molecule has 0 aromatic rings. The molecule has 0 radical (unpaired) electrons. The smallest absolute Gasteiger partial charge is 0.211 e. The van der Waals surface area contributed by atoms with Crippen molar-refractivity contribution in [3.8, 4) is 0 Å². The fourth-order valence-electron chi connectivity index (χ4n) is 0.0938. The Morgan fingerprint density at radius 2 is 1.20 bits per heavy atom. The third-order valence-electron chi connectivity index (χ3n) is 0.304. The van der Waals surface area contributed by atoms with Gasteiger partial charge in [0.2, 0.25) is 0 Å². The molecule has 0 amide bonds. The van der Waals surface area contributed by atoms with Crippen LogP contribution in [0.1, 0.15) is 0 Å². The molecule has 58 valence electrons. The van der Waals surface area contributed by atoms with E-state index in [1.165, 1.54) is 0 Å². The van der Waals surface area contributed by atoms with Crippen molar-refractivity contribution in [3.05, 3.63) is 0 Å². The van der Waals surface area contributed by atoms with Gasteiger partial charge in [-0.2, -0.15) is 19.4 Å². The van der Waals surface area contributed by atoms with Gasteiger partial charge < -0.3 is 0 Å². The van der Waals surface area contributed by atoms with E-state index in [-0.39, 0.29) is 0 Å². The summed E-state index contributed by atoms with van der Waals surface area (Å²) in [5.41, 5.74) is 0. The van der Waals surface area contributed by atoms with E-state index in [0.717, 1.165) is 0 Å². The van der Waals surface area contributed by atoms with Crippen LogP contribution < -0.4 is 0 Å². The Morgan fingerprint density at radius 3 is 1.40 bits per heavy atom. The molecule has 0 aromatic heterocycles. The summed E-state index contributed by atoms with van der Waals surface area (Å²) < 4.78 is 21.3. The highest BCUT2D eigenvalue weighted by Crippen LogP contribution is 1.90. The Labute approximate surface area is 51.9 Å². The minimum absolute atomic E-state index is 1.95. The maximum absolute atomic E-state index is 10.6. The monoisotopic (exact) mass is 158 g/mol. The van der Waals surface area contributed by atoms with E-state index in [4.69, 9.17) is 0 Å². The van der Waals surface area contributed by atoms with Gasteiger partial charge in [-0.15, -0.1) is 0 Å². The van der Waals surface area contributed by atoms with Gasteiger partial charge in [-0.25, -0.2) is 9.88 Å². The average molecular weight is 158 g/mol. The van der Waals surface area contributed by atoms with Crippen molar-refractivity contribution in [3.63, 3.8) is 0 Å². The zero-order valence-corrected chi connectivity index (χ0v) is 4.21. The van der Waals surface area contributed by atoms with Crippen molar-refractivity contribution >= 4 is 12.3 Å². The highest BCUT2D eigenvalue weighted by molar-refractivity contribution is 5.62. The minimum atomic E-state index is -1.95. The van der Waals surface area contributed by atoms with Gasteiger partial charge in [0.15, 0.2) is 0 Å². The van der Waals surface area contributed by atoms with Crippen molar-refractivity contribution in [1.29, 1.82) is 0 Å². The van der Waals surface area contributed by atoms with E-state index < -0.39 is 12.3 Å². The first-order valence-electron chi connectivity index (χ1n) is 1.70. The molecule has 0 fully saturated rings. The molecular weight excluding hydrogens is 158 g/mol. The molecular formula is C2F2O6. The zero-order valence-electron chi connectivity index (χ0n) is 4.21. The fraction of sp³-hybridized carbons (Fsp3) is 0. The van der Waals surface area contributed by atoms with Crippen LogP contribution >= 0.6 is 0 Å². The predicted molar refractivity (Wildman–Crippen MR) is 17.3 cm³/mol. The normalized spacial score (nSPS) is 7.80. The highest BCUT2D eigenvalue weighted by Gasteiger charge is 2.12. The molecule has 8 heteroatoms. The summed E-state index contributed by atoms with van der Waals surface area (Å²) in [4.78, 5) is 30.0. The van der Waals surface area contributed by atoms with Crippen LogP contribution in [0.4, 0.5) is 18.6 Å². The van der Waals surface area contributed by atoms with E-state index in [1.807, 2.05) is 0 Å². The van der Waals surface area contributed by atoms with E-state index in [1.54, 1.807) is 0 Å². The van der Waals surface area contributed by atoms with Crippen molar-refractivity contribution in [1.82, 2.24) is 0 Å². The van der Waals surface area contributed by atoms with Gasteiger partial charge in [0, 0.05) is 9.05 Å². The Balaban J connectivity index is 3.35. The predicted octanol–water partition coefficient (Wildman–Crippen LogP) is 0.977. The maximum atomic E-state index is 10.6. The number of hydrogen-bond donors (Lipinski definition) is 0. The van der Waals surface area contributed by atoms with Crippen LogP contribution in [0.25, 0.3) is 0 Å². The summed E-state index contributed by atoms with van der Waals surface area (Å²) in [6, 6.07) is 0. The van der Waals surface area contributed by atoms with Crippen LogP contribution in [-0.4, -0.2) is 12.3 Å². The summed E-state index contributed by atoms with van der Waals surface area (Å²) in [6.45, 7) is 0. The lowest BCUT2D eigenvalue weighted by atomic mass is 11.4. The van der Waals surface area contributed by atoms with E-state index in [0.29, 0.717) is 0 Å². The van der Waals surface area contributed by atoms with Crippen molar-refractivity contribution in [2.24, 2.45) is 0 Å². The first-order valence-corrected chi connectivity index (χ1v) is 1.70. The standard InChI is InChI=1S/C2F2O6/c3-7-1(5)9-10-2(6)8-4. The van der Waals surface area contributed by atoms with Gasteiger partial charge in [0.05, 0.1) is 0 Å². The molecule has 0 heterocycles. The molecule has 0 aliphatic carbocycles. The lowest BCUT2D eigenvalue weighted by Crippen LogP contribution is -2.08. The van der Waals surface area contributed by atoms with Crippen LogP contribution in [0.5, 0.6) is 0 Å². The van der Waals surface area contributed by atoms with Crippen LogP contribution in [-0.2, 0) is 19.7 Å².